The summed E-state index contributed by atoms with van der Waals surface area (Å²) in [5.41, 5.74) is 3.93. The van der Waals surface area contributed by atoms with E-state index in [4.69, 9.17) is 0 Å². The van der Waals surface area contributed by atoms with Crippen LogP contribution >= 0.6 is 0 Å². The maximum Gasteiger partial charge on any atom is 0.279 e. The predicted molar refractivity (Wildman–Crippen MR) is 83.5 cm³/mol. The summed E-state index contributed by atoms with van der Waals surface area (Å²) in [6.07, 6.45) is 3.18. The molecular weight excluding hydrogens is 280 g/mol. The van der Waals surface area contributed by atoms with Crippen molar-refractivity contribution in [1.82, 2.24) is 20.2 Å². The summed E-state index contributed by atoms with van der Waals surface area (Å²) in [6, 6.07) is 14.6. The molecular formula is C15H12N6O. The normalized spacial score (nSPS) is 10.7. The summed E-state index contributed by atoms with van der Waals surface area (Å²) in [4.78, 5) is 18.7. The zero-order valence-electron chi connectivity index (χ0n) is 11.5. The first-order valence-electron chi connectivity index (χ1n) is 6.55. The Bertz CT molecular complexity index is 829. The lowest BCUT2D eigenvalue weighted by molar-refractivity contribution is 0.947. The quantitative estimate of drug-likeness (QED) is 0.563. The Balaban J connectivity index is 1.76. The van der Waals surface area contributed by atoms with Crippen molar-refractivity contribution in [3.05, 3.63) is 70.8 Å². The highest BCUT2D eigenvalue weighted by Crippen LogP contribution is 2.10. The lowest BCUT2D eigenvalue weighted by Crippen LogP contribution is -2.15. The molecule has 0 spiro atoms. The van der Waals surface area contributed by atoms with Crippen LogP contribution in [0.5, 0.6) is 0 Å². The molecule has 0 aliphatic heterocycles. The van der Waals surface area contributed by atoms with Crippen LogP contribution in [0.4, 0.5) is 5.95 Å². The van der Waals surface area contributed by atoms with E-state index >= 15 is 0 Å². The van der Waals surface area contributed by atoms with Crippen LogP contribution < -0.4 is 11.0 Å². The number of anilines is 1. The number of hydrazone groups is 1. The van der Waals surface area contributed by atoms with Crippen LogP contribution in [0.15, 0.2) is 64.6 Å². The maximum absolute atomic E-state index is 12.0. The highest BCUT2D eigenvalue weighted by atomic mass is 16.1. The topological polar surface area (TPSA) is 95.9 Å². The second-order valence-electron chi connectivity index (χ2n) is 4.34. The number of benzene rings is 1. The van der Waals surface area contributed by atoms with E-state index in [1.54, 1.807) is 24.4 Å². The second kappa shape index (κ2) is 6.40. The summed E-state index contributed by atoms with van der Waals surface area (Å²) in [5.74, 6) is 0.164. The molecule has 7 heteroatoms. The van der Waals surface area contributed by atoms with Crippen molar-refractivity contribution in [2.45, 2.75) is 0 Å². The molecule has 22 heavy (non-hydrogen) atoms. The van der Waals surface area contributed by atoms with Gasteiger partial charge in [-0.3, -0.25) is 14.8 Å². The van der Waals surface area contributed by atoms with E-state index < -0.39 is 0 Å². The molecule has 2 heterocycles. The number of hydrogen-bond donors (Lipinski definition) is 2. The fourth-order valence-electron chi connectivity index (χ4n) is 1.78. The fourth-order valence-corrected chi connectivity index (χ4v) is 1.78. The minimum Gasteiger partial charge on any atom is -0.288 e. The molecule has 0 bridgehead atoms. The second-order valence-corrected chi connectivity index (χ2v) is 4.34. The molecule has 0 fully saturated rings. The third-order valence-corrected chi connectivity index (χ3v) is 2.80. The van der Waals surface area contributed by atoms with Crippen LogP contribution in [-0.4, -0.2) is 26.4 Å². The van der Waals surface area contributed by atoms with Crippen LogP contribution in [0, 0.1) is 0 Å². The van der Waals surface area contributed by atoms with Crippen molar-refractivity contribution in [2.75, 3.05) is 5.43 Å². The van der Waals surface area contributed by atoms with E-state index in [2.05, 4.69) is 30.7 Å². The van der Waals surface area contributed by atoms with Crippen LogP contribution in [0.2, 0.25) is 0 Å². The average molecular weight is 292 g/mol. The van der Waals surface area contributed by atoms with Crippen molar-refractivity contribution in [3.8, 4) is 11.3 Å². The Morgan fingerprint density at radius 3 is 2.59 bits per heavy atom. The number of hydrogen-bond acceptors (Lipinski definition) is 6. The largest absolute Gasteiger partial charge is 0.288 e. The first kappa shape index (κ1) is 13.6. The van der Waals surface area contributed by atoms with Gasteiger partial charge in [-0.15, -0.1) is 10.2 Å². The standard InChI is InChI=1S/C15H12N6O/c22-14-13(11-6-2-1-3-7-11)19-21-15(18-14)20-17-10-12-8-4-5-9-16-12/h1-10H,(H2,18,20,21,22)/b17-10-. The molecule has 108 valence electrons. The summed E-state index contributed by atoms with van der Waals surface area (Å²) < 4.78 is 0. The Labute approximate surface area is 125 Å². The summed E-state index contributed by atoms with van der Waals surface area (Å²) in [5, 5.41) is 11.8. The Hall–Kier alpha value is -3.35. The first-order chi connectivity index (χ1) is 10.8. The van der Waals surface area contributed by atoms with Gasteiger partial charge in [0.15, 0.2) is 5.69 Å². The van der Waals surface area contributed by atoms with Crippen LogP contribution in [0.3, 0.4) is 0 Å². The van der Waals surface area contributed by atoms with Gasteiger partial charge in [0.25, 0.3) is 5.56 Å². The van der Waals surface area contributed by atoms with E-state index in [-0.39, 0.29) is 17.2 Å². The molecule has 0 unspecified atom stereocenters. The van der Waals surface area contributed by atoms with Gasteiger partial charge in [-0.05, 0) is 12.1 Å². The molecule has 0 atom stereocenters. The van der Waals surface area contributed by atoms with Gasteiger partial charge in [-0.2, -0.15) is 5.10 Å². The monoisotopic (exact) mass is 292 g/mol. The number of pyridine rings is 1. The predicted octanol–water partition coefficient (Wildman–Crippen LogP) is 1.67. The Morgan fingerprint density at radius 2 is 1.86 bits per heavy atom. The average Bonchev–Trinajstić information content (AvgIpc) is 2.57. The van der Waals surface area contributed by atoms with Gasteiger partial charge in [-0.25, -0.2) is 5.43 Å². The zero-order valence-corrected chi connectivity index (χ0v) is 11.5. The van der Waals surface area contributed by atoms with Crippen molar-refractivity contribution >= 4 is 12.2 Å². The molecule has 0 saturated carbocycles. The lowest BCUT2D eigenvalue weighted by Gasteiger charge is -2.01. The van der Waals surface area contributed by atoms with Crippen molar-refractivity contribution in [1.29, 1.82) is 0 Å². The molecule has 0 aliphatic carbocycles. The molecule has 2 aromatic heterocycles. The van der Waals surface area contributed by atoms with Gasteiger partial charge in [0, 0.05) is 11.8 Å². The van der Waals surface area contributed by atoms with Gasteiger partial charge in [0.1, 0.15) is 0 Å². The fraction of sp³-hybridized carbons (Fsp3) is 0. The highest BCUT2D eigenvalue weighted by Gasteiger charge is 2.06. The van der Waals surface area contributed by atoms with Crippen LogP contribution in [0.1, 0.15) is 5.69 Å². The molecule has 2 N–H and O–H groups in total. The van der Waals surface area contributed by atoms with Gasteiger partial charge in [0.2, 0.25) is 5.95 Å². The maximum atomic E-state index is 12.0. The third-order valence-electron chi connectivity index (χ3n) is 2.80. The molecule has 0 saturated heterocycles. The van der Waals surface area contributed by atoms with E-state index in [9.17, 15) is 4.79 Å². The van der Waals surface area contributed by atoms with E-state index in [1.807, 2.05) is 30.3 Å². The molecule has 7 nitrogen and oxygen atoms in total. The van der Waals surface area contributed by atoms with Gasteiger partial charge in [-0.1, -0.05) is 36.4 Å². The minimum absolute atomic E-state index is 0.164. The number of nitrogens with zero attached hydrogens (tertiary/aromatic N) is 4. The smallest absolute Gasteiger partial charge is 0.279 e. The lowest BCUT2D eigenvalue weighted by atomic mass is 10.2. The molecule has 0 aliphatic rings. The summed E-state index contributed by atoms with van der Waals surface area (Å²) >= 11 is 0. The molecule has 3 aromatic rings. The van der Waals surface area contributed by atoms with E-state index in [1.165, 1.54) is 6.21 Å². The van der Waals surface area contributed by atoms with Crippen molar-refractivity contribution in [2.24, 2.45) is 5.10 Å². The van der Waals surface area contributed by atoms with Gasteiger partial charge in [0.05, 0.1) is 11.9 Å². The Morgan fingerprint density at radius 1 is 1.05 bits per heavy atom. The minimum atomic E-state index is -0.336. The molecule has 0 radical (unpaired) electrons. The van der Waals surface area contributed by atoms with Crippen LogP contribution in [-0.2, 0) is 0 Å². The van der Waals surface area contributed by atoms with E-state index in [0.717, 1.165) is 0 Å². The number of rotatable bonds is 4. The zero-order chi connectivity index (χ0) is 15.2. The van der Waals surface area contributed by atoms with E-state index in [0.29, 0.717) is 11.3 Å². The van der Waals surface area contributed by atoms with Crippen molar-refractivity contribution in [3.63, 3.8) is 0 Å². The van der Waals surface area contributed by atoms with Gasteiger partial charge < -0.3 is 0 Å². The van der Waals surface area contributed by atoms with Crippen LogP contribution in [0.25, 0.3) is 11.3 Å². The number of H-pyrrole nitrogens is 1. The summed E-state index contributed by atoms with van der Waals surface area (Å²) in [6.45, 7) is 0. The SMILES string of the molecule is O=c1[nH]c(N/N=C\c2ccccn2)nnc1-c1ccccc1. The number of nitrogens with one attached hydrogen (secondary N) is 2. The highest BCUT2D eigenvalue weighted by molar-refractivity contribution is 5.77. The first-order valence-corrected chi connectivity index (χ1v) is 6.55. The Kier molecular flexibility index (Phi) is 3.96. The number of aromatic nitrogens is 4. The summed E-state index contributed by atoms with van der Waals surface area (Å²) in [7, 11) is 0. The van der Waals surface area contributed by atoms with Gasteiger partial charge >= 0.3 is 0 Å². The molecule has 1 aromatic carbocycles. The number of aromatic amines is 1. The molecule has 3 rings (SSSR count). The molecule has 0 amide bonds. The third kappa shape index (κ3) is 3.21. The van der Waals surface area contributed by atoms with Crippen molar-refractivity contribution < 1.29 is 0 Å².